The molecule has 4 rings (SSSR count). The number of hydrazine groups is 1. The van der Waals surface area contributed by atoms with Crippen molar-refractivity contribution in [3.63, 3.8) is 0 Å². The Morgan fingerprint density at radius 1 is 0.839 bits per heavy atom. The Labute approximate surface area is 180 Å². The second-order valence-electron chi connectivity index (χ2n) is 7.39. The van der Waals surface area contributed by atoms with E-state index in [1.807, 2.05) is 73.0 Å². The number of anilines is 1. The fourth-order valence-corrected chi connectivity index (χ4v) is 3.43. The third-order valence-electron chi connectivity index (χ3n) is 5.01. The van der Waals surface area contributed by atoms with Crippen LogP contribution in [0.25, 0.3) is 16.7 Å². The fraction of sp³-hybridized carbons (Fsp3) is 0.125. The van der Waals surface area contributed by atoms with Crippen molar-refractivity contribution in [3.05, 3.63) is 89.7 Å². The van der Waals surface area contributed by atoms with E-state index in [1.165, 1.54) is 0 Å². The zero-order chi connectivity index (χ0) is 22.0. The summed E-state index contributed by atoms with van der Waals surface area (Å²) in [6.07, 6.45) is 0. The van der Waals surface area contributed by atoms with Gasteiger partial charge in [0.2, 0.25) is 0 Å². The summed E-state index contributed by atoms with van der Waals surface area (Å²) in [6, 6.07) is 22.4. The van der Waals surface area contributed by atoms with Gasteiger partial charge < -0.3 is 4.90 Å². The Morgan fingerprint density at radius 2 is 1.52 bits per heavy atom. The van der Waals surface area contributed by atoms with Crippen LogP contribution in [-0.4, -0.2) is 35.5 Å². The predicted octanol–water partition coefficient (Wildman–Crippen LogP) is 3.47. The van der Waals surface area contributed by atoms with E-state index in [0.29, 0.717) is 16.6 Å². The molecule has 156 valence electrons. The first-order valence-electron chi connectivity index (χ1n) is 9.86. The van der Waals surface area contributed by atoms with Crippen LogP contribution in [0.2, 0.25) is 0 Å². The van der Waals surface area contributed by atoms with Crippen molar-refractivity contribution < 1.29 is 9.59 Å². The van der Waals surface area contributed by atoms with E-state index >= 15 is 0 Å². The number of aromatic nitrogens is 2. The molecule has 0 saturated heterocycles. The highest BCUT2D eigenvalue weighted by Crippen LogP contribution is 2.22. The molecule has 1 aromatic heterocycles. The lowest BCUT2D eigenvalue weighted by molar-refractivity contribution is 0.0847. The van der Waals surface area contributed by atoms with Gasteiger partial charge in [0.15, 0.2) is 0 Å². The Morgan fingerprint density at radius 3 is 2.19 bits per heavy atom. The van der Waals surface area contributed by atoms with Gasteiger partial charge in [-0.1, -0.05) is 24.3 Å². The number of para-hydroxylation sites is 1. The summed E-state index contributed by atoms with van der Waals surface area (Å²) in [5.41, 5.74) is 9.33. The summed E-state index contributed by atoms with van der Waals surface area (Å²) < 4.78 is 2.04. The highest BCUT2D eigenvalue weighted by atomic mass is 16.2. The van der Waals surface area contributed by atoms with Gasteiger partial charge in [-0.15, -0.1) is 0 Å². The van der Waals surface area contributed by atoms with E-state index in [2.05, 4.69) is 15.8 Å². The average molecular weight is 413 g/mol. The van der Waals surface area contributed by atoms with Gasteiger partial charge >= 0.3 is 0 Å². The molecule has 0 aliphatic rings. The molecule has 3 aromatic carbocycles. The summed E-state index contributed by atoms with van der Waals surface area (Å²) in [4.78, 5) is 31.5. The quantitative estimate of drug-likeness (QED) is 0.502. The zero-order valence-electron chi connectivity index (χ0n) is 17.6. The first kappa shape index (κ1) is 20.2. The Bertz CT molecular complexity index is 1260. The number of nitrogens with zero attached hydrogens (tertiary/aromatic N) is 3. The molecule has 0 fully saturated rings. The second-order valence-corrected chi connectivity index (χ2v) is 7.39. The minimum atomic E-state index is -0.411. The molecule has 0 bridgehead atoms. The molecular weight excluding hydrogens is 390 g/mol. The number of carbonyl (C=O) groups is 2. The number of amides is 2. The third-order valence-corrected chi connectivity index (χ3v) is 5.01. The summed E-state index contributed by atoms with van der Waals surface area (Å²) in [5, 5.41) is 0. The molecule has 0 spiro atoms. The van der Waals surface area contributed by atoms with Gasteiger partial charge in [-0.05, 0) is 55.5 Å². The average Bonchev–Trinajstić information content (AvgIpc) is 3.12. The number of nitrogens with one attached hydrogen (secondary N) is 2. The van der Waals surface area contributed by atoms with E-state index in [-0.39, 0.29) is 5.91 Å². The lowest BCUT2D eigenvalue weighted by atomic mass is 10.2. The topological polar surface area (TPSA) is 79.3 Å². The number of hydrogen-bond acceptors (Lipinski definition) is 4. The summed E-state index contributed by atoms with van der Waals surface area (Å²) >= 11 is 0. The lowest BCUT2D eigenvalue weighted by Gasteiger charge is -2.13. The predicted molar refractivity (Wildman–Crippen MR) is 122 cm³/mol. The Balaban J connectivity index is 1.51. The van der Waals surface area contributed by atoms with Crippen molar-refractivity contribution >= 4 is 28.5 Å². The molecule has 4 aromatic rings. The molecule has 31 heavy (non-hydrogen) atoms. The third kappa shape index (κ3) is 4.11. The number of hydrogen-bond donors (Lipinski definition) is 2. The molecular formula is C24H23N5O2. The second kappa shape index (κ2) is 8.31. The summed E-state index contributed by atoms with van der Waals surface area (Å²) in [5.74, 6) is 0.0288. The smallest absolute Gasteiger partial charge is 0.269 e. The highest BCUT2D eigenvalue weighted by Gasteiger charge is 2.14. The molecule has 0 aliphatic heterocycles. The zero-order valence-corrected chi connectivity index (χ0v) is 17.6. The molecule has 7 heteroatoms. The molecule has 0 saturated carbocycles. The number of aryl methyl sites for hydroxylation is 1. The SMILES string of the molecule is Cc1nc2cc(C(=O)NNC(=O)c3cccc(N(C)C)c3)ccc2n1-c1ccccc1. The monoisotopic (exact) mass is 413 g/mol. The van der Waals surface area contributed by atoms with Gasteiger partial charge in [-0.3, -0.25) is 25.0 Å². The van der Waals surface area contributed by atoms with Crippen LogP contribution >= 0.6 is 0 Å². The van der Waals surface area contributed by atoms with Crippen molar-refractivity contribution in [3.8, 4) is 5.69 Å². The van der Waals surface area contributed by atoms with Gasteiger partial charge in [0.25, 0.3) is 11.8 Å². The van der Waals surface area contributed by atoms with Crippen molar-refractivity contribution in [1.82, 2.24) is 20.4 Å². The van der Waals surface area contributed by atoms with Crippen molar-refractivity contribution in [1.29, 1.82) is 0 Å². The maximum atomic E-state index is 12.6. The van der Waals surface area contributed by atoms with Crippen molar-refractivity contribution in [2.75, 3.05) is 19.0 Å². The number of carbonyl (C=O) groups excluding carboxylic acids is 2. The van der Waals surface area contributed by atoms with Crippen LogP contribution < -0.4 is 15.8 Å². The van der Waals surface area contributed by atoms with Crippen molar-refractivity contribution in [2.45, 2.75) is 6.92 Å². The number of rotatable bonds is 4. The summed E-state index contributed by atoms with van der Waals surface area (Å²) in [6.45, 7) is 1.93. The van der Waals surface area contributed by atoms with Gasteiger partial charge in [0.1, 0.15) is 5.82 Å². The molecule has 0 aliphatic carbocycles. The standard InChI is InChI=1S/C24H23N5O2/c1-16-25-21-15-18(12-13-22(21)29(16)19-9-5-4-6-10-19)24(31)27-26-23(30)17-8-7-11-20(14-17)28(2)3/h4-15H,1-3H3,(H,26,30)(H,27,31). The van der Waals surface area contributed by atoms with Gasteiger partial charge in [-0.25, -0.2) is 4.98 Å². The summed E-state index contributed by atoms with van der Waals surface area (Å²) in [7, 11) is 3.80. The normalized spacial score (nSPS) is 10.7. The largest absolute Gasteiger partial charge is 0.378 e. The molecule has 2 amide bonds. The molecule has 7 nitrogen and oxygen atoms in total. The van der Waals surface area contributed by atoms with Crippen LogP contribution in [0.15, 0.2) is 72.8 Å². The number of fused-ring (bicyclic) bond motifs is 1. The van der Waals surface area contributed by atoms with Crippen LogP contribution in [-0.2, 0) is 0 Å². The van der Waals surface area contributed by atoms with E-state index in [9.17, 15) is 9.59 Å². The molecule has 0 radical (unpaired) electrons. The first-order valence-corrected chi connectivity index (χ1v) is 9.86. The minimum Gasteiger partial charge on any atom is -0.378 e. The van der Waals surface area contributed by atoms with Crippen LogP contribution in [0.1, 0.15) is 26.5 Å². The highest BCUT2D eigenvalue weighted by molar-refractivity contribution is 6.01. The van der Waals surface area contributed by atoms with Crippen LogP contribution in [0.4, 0.5) is 5.69 Å². The maximum absolute atomic E-state index is 12.6. The lowest BCUT2D eigenvalue weighted by Crippen LogP contribution is -2.41. The fourth-order valence-electron chi connectivity index (χ4n) is 3.43. The molecule has 1 heterocycles. The maximum Gasteiger partial charge on any atom is 0.269 e. The Kier molecular flexibility index (Phi) is 5.41. The van der Waals surface area contributed by atoms with Crippen LogP contribution in [0.3, 0.4) is 0 Å². The van der Waals surface area contributed by atoms with E-state index < -0.39 is 5.91 Å². The minimum absolute atomic E-state index is 0.387. The van der Waals surface area contributed by atoms with Crippen LogP contribution in [0, 0.1) is 6.92 Å². The van der Waals surface area contributed by atoms with Gasteiger partial charge in [0.05, 0.1) is 11.0 Å². The van der Waals surface area contributed by atoms with Gasteiger partial charge in [-0.2, -0.15) is 0 Å². The first-order chi connectivity index (χ1) is 14.9. The van der Waals surface area contributed by atoms with Crippen molar-refractivity contribution in [2.24, 2.45) is 0 Å². The van der Waals surface area contributed by atoms with Gasteiger partial charge in [0, 0.05) is 36.6 Å². The molecule has 2 N–H and O–H groups in total. The van der Waals surface area contributed by atoms with E-state index in [4.69, 9.17) is 0 Å². The Hall–Kier alpha value is -4.13. The number of benzene rings is 3. The van der Waals surface area contributed by atoms with E-state index in [0.717, 1.165) is 22.7 Å². The van der Waals surface area contributed by atoms with E-state index in [1.54, 1.807) is 30.3 Å². The molecule has 0 atom stereocenters. The number of imidazole rings is 1. The molecule has 0 unspecified atom stereocenters. The van der Waals surface area contributed by atoms with Crippen LogP contribution in [0.5, 0.6) is 0 Å².